The number of hydrogen-bond donors (Lipinski definition) is 1. The number of benzene rings is 2. The largest absolute Gasteiger partial charge is 0.472 e. The molecule has 0 atom stereocenters. The van der Waals surface area contributed by atoms with Gasteiger partial charge < -0.3 is 4.42 Å². The summed E-state index contributed by atoms with van der Waals surface area (Å²) in [6.45, 7) is 0. The third kappa shape index (κ3) is 3.76. The van der Waals surface area contributed by atoms with Gasteiger partial charge in [0.25, 0.3) is 0 Å². The smallest absolute Gasteiger partial charge is 0.420 e. The van der Waals surface area contributed by atoms with E-state index in [1.165, 1.54) is 30.5 Å². The van der Waals surface area contributed by atoms with Gasteiger partial charge in [0.2, 0.25) is 0 Å². The van der Waals surface area contributed by atoms with Gasteiger partial charge in [-0.3, -0.25) is 5.10 Å². The van der Waals surface area contributed by atoms with Gasteiger partial charge in [0.1, 0.15) is 11.3 Å². The first kappa shape index (κ1) is 20.0. The molecule has 4 rings (SSSR count). The molecule has 2 heterocycles. The van der Waals surface area contributed by atoms with E-state index in [-0.39, 0.29) is 21.8 Å². The van der Waals surface area contributed by atoms with Gasteiger partial charge in [0.15, 0.2) is 9.84 Å². The predicted octanol–water partition coefficient (Wildman–Crippen LogP) is 5.43. The summed E-state index contributed by atoms with van der Waals surface area (Å²) in [5, 5.41) is 6.37. The number of rotatable bonds is 4. The van der Waals surface area contributed by atoms with E-state index in [4.69, 9.17) is 4.42 Å². The highest BCUT2D eigenvalue weighted by atomic mass is 32.2. The highest BCUT2D eigenvalue weighted by molar-refractivity contribution is 7.90. The molecule has 0 aliphatic rings. The zero-order valence-electron chi connectivity index (χ0n) is 15.6. The van der Waals surface area contributed by atoms with Gasteiger partial charge >= 0.3 is 6.18 Å². The normalized spacial score (nSPS) is 12.3. The number of sulfone groups is 1. The molecule has 4 aromatic rings. The number of halogens is 3. The van der Waals surface area contributed by atoms with Crippen LogP contribution >= 0.6 is 0 Å². The van der Waals surface area contributed by atoms with Gasteiger partial charge in [-0.25, -0.2) is 8.42 Å². The standard InChI is InChI=1S/C21H15F3N2O3S/c1-30(27,28)17-8-6-15(7-9-17)20-18(21(22,23)24)19(25-26-20)14-4-2-13(3-5-14)16-10-11-29-12-16/h2-12H,1H3,(H,25,26). The van der Waals surface area contributed by atoms with Crippen LogP contribution in [0, 0.1) is 0 Å². The van der Waals surface area contributed by atoms with E-state index in [1.54, 1.807) is 36.6 Å². The molecule has 0 aliphatic heterocycles. The van der Waals surface area contributed by atoms with Gasteiger partial charge in [-0.15, -0.1) is 0 Å². The molecule has 0 radical (unpaired) electrons. The molecule has 9 heteroatoms. The first-order valence-corrected chi connectivity index (χ1v) is 10.6. The summed E-state index contributed by atoms with van der Waals surface area (Å²) >= 11 is 0. The molecule has 0 saturated heterocycles. The van der Waals surface area contributed by atoms with Crippen LogP contribution in [0.15, 0.2) is 76.4 Å². The zero-order valence-corrected chi connectivity index (χ0v) is 16.4. The molecular formula is C21H15F3N2O3S. The minimum Gasteiger partial charge on any atom is -0.472 e. The maximum absolute atomic E-state index is 13.9. The number of aromatic nitrogens is 2. The summed E-state index contributed by atoms with van der Waals surface area (Å²) in [7, 11) is -3.46. The van der Waals surface area contributed by atoms with Crippen LogP contribution in [-0.4, -0.2) is 24.9 Å². The Hall–Kier alpha value is -3.33. The average Bonchev–Trinajstić information content (AvgIpc) is 3.37. The highest BCUT2D eigenvalue weighted by Crippen LogP contribution is 2.42. The molecule has 2 aromatic heterocycles. The van der Waals surface area contributed by atoms with E-state index in [0.29, 0.717) is 5.56 Å². The molecule has 2 aromatic carbocycles. The first-order valence-electron chi connectivity index (χ1n) is 8.73. The van der Waals surface area contributed by atoms with Crippen LogP contribution in [0.4, 0.5) is 13.2 Å². The minimum atomic E-state index is -4.67. The van der Waals surface area contributed by atoms with Gasteiger partial charge in [-0.1, -0.05) is 36.4 Å². The van der Waals surface area contributed by atoms with Crippen molar-refractivity contribution < 1.29 is 26.0 Å². The summed E-state index contributed by atoms with van der Waals surface area (Å²) < 4.78 is 70.0. The second-order valence-electron chi connectivity index (χ2n) is 6.71. The minimum absolute atomic E-state index is 0.0226. The summed E-state index contributed by atoms with van der Waals surface area (Å²) in [6.07, 6.45) is -0.579. The molecule has 30 heavy (non-hydrogen) atoms. The molecule has 0 unspecified atom stereocenters. The van der Waals surface area contributed by atoms with Crippen LogP contribution in [0.3, 0.4) is 0 Å². The predicted molar refractivity (Wildman–Crippen MR) is 105 cm³/mol. The van der Waals surface area contributed by atoms with E-state index < -0.39 is 21.6 Å². The lowest BCUT2D eigenvalue weighted by Crippen LogP contribution is -2.07. The maximum Gasteiger partial charge on any atom is 0.420 e. The van der Waals surface area contributed by atoms with Crippen LogP contribution in [0.1, 0.15) is 5.56 Å². The number of alkyl halides is 3. The Labute approximate surface area is 170 Å². The van der Waals surface area contributed by atoms with Crippen LogP contribution in [0.5, 0.6) is 0 Å². The lowest BCUT2D eigenvalue weighted by Gasteiger charge is -2.11. The number of hydrogen-bond acceptors (Lipinski definition) is 4. The third-order valence-corrected chi connectivity index (χ3v) is 5.76. The third-order valence-electron chi connectivity index (χ3n) is 4.63. The van der Waals surface area contributed by atoms with Crippen LogP contribution < -0.4 is 0 Å². The van der Waals surface area contributed by atoms with E-state index in [9.17, 15) is 21.6 Å². The Balaban J connectivity index is 1.78. The number of H-pyrrole nitrogens is 1. The van der Waals surface area contributed by atoms with Crippen LogP contribution in [-0.2, 0) is 16.0 Å². The van der Waals surface area contributed by atoms with E-state index in [2.05, 4.69) is 10.2 Å². The number of aromatic amines is 1. The fourth-order valence-corrected chi connectivity index (χ4v) is 3.78. The number of nitrogens with zero attached hydrogens (tertiary/aromatic N) is 1. The molecule has 0 fully saturated rings. The lowest BCUT2D eigenvalue weighted by molar-refractivity contribution is -0.136. The van der Waals surface area contributed by atoms with Gasteiger partial charge in [-0.2, -0.15) is 18.3 Å². The molecule has 154 valence electrons. The molecule has 5 nitrogen and oxygen atoms in total. The quantitative estimate of drug-likeness (QED) is 0.467. The van der Waals surface area contributed by atoms with Crippen molar-refractivity contribution in [3.63, 3.8) is 0 Å². The highest BCUT2D eigenvalue weighted by Gasteiger charge is 2.39. The van der Waals surface area contributed by atoms with Crippen molar-refractivity contribution >= 4 is 9.84 Å². The van der Waals surface area contributed by atoms with Crippen LogP contribution in [0.2, 0.25) is 0 Å². The fourth-order valence-electron chi connectivity index (χ4n) is 3.15. The van der Waals surface area contributed by atoms with Crippen molar-refractivity contribution in [1.29, 1.82) is 0 Å². The lowest BCUT2D eigenvalue weighted by atomic mass is 9.99. The topological polar surface area (TPSA) is 76.0 Å². The second kappa shape index (κ2) is 7.17. The van der Waals surface area contributed by atoms with Crippen LogP contribution in [0.25, 0.3) is 33.6 Å². The second-order valence-corrected chi connectivity index (χ2v) is 8.72. The summed E-state index contributed by atoms with van der Waals surface area (Å²) in [5.41, 5.74) is 0.721. The molecule has 0 amide bonds. The molecule has 0 bridgehead atoms. The van der Waals surface area contributed by atoms with Gasteiger partial charge in [-0.05, 0) is 23.8 Å². The average molecular weight is 432 g/mol. The van der Waals surface area contributed by atoms with E-state index in [1.807, 2.05) is 0 Å². The fraction of sp³-hybridized carbons (Fsp3) is 0.0952. The van der Waals surface area contributed by atoms with Crippen molar-refractivity contribution in [1.82, 2.24) is 10.2 Å². The summed E-state index contributed by atoms with van der Waals surface area (Å²) in [5.74, 6) is 0. The van der Waals surface area contributed by atoms with Crippen molar-refractivity contribution in [2.45, 2.75) is 11.1 Å². The van der Waals surface area contributed by atoms with E-state index in [0.717, 1.165) is 17.4 Å². The van der Waals surface area contributed by atoms with E-state index >= 15 is 0 Å². The maximum atomic E-state index is 13.9. The first-order chi connectivity index (χ1) is 14.1. The van der Waals surface area contributed by atoms with Gasteiger partial charge in [0.05, 0.1) is 23.1 Å². The zero-order chi connectivity index (χ0) is 21.5. The Morgan fingerprint density at radius 1 is 0.867 bits per heavy atom. The van der Waals surface area contributed by atoms with Crippen molar-refractivity contribution in [2.24, 2.45) is 0 Å². The molecule has 0 spiro atoms. The van der Waals surface area contributed by atoms with Crippen molar-refractivity contribution in [3.8, 4) is 33.6 Å². The Bertz CT molecular complexity index is 1270. The number of furan rings is 1. The number of nitrogens with one attached hydrogen (secondary N) is 1. The SMILES string of the molecule is CS(=O)(=O)c1ccc(-c2[nH]nc(-c3ccc(-c4ccoc4)cc3)c2C(F)(F)F)cc1. The van der Waals surface area contributed by atoms with Crippen molar-refractivity contribution in [2.75, 3.05) is 6.26 Å². The van der Waals surface area contributed by atoms with Gasteiger partial charge in [0, 0.05) is 22.9 Å². The molecule has 1 N–H and O–H groups in total. The Morgan fingerprint density at radius 2 is 1.47 bits per heavy atom. The summed E-state index contributed by atoms with van der Waals surface area (Å²) in [4.78, 5) is 0.0226. The Morgan fingerprint density at radius 3 is 2.00 bits per heavy atom. The van der Waals surface area contributed by atoms with Crippen molar-refractivity contribution in [3.05, 3.63) is 72.7 Å². The molecule has 0 saturated carbocycles. The molecule has 0 aliphatic carbocycles. The molecular weight excluding hydrogens is 417 g/mol. The monoisotopic (exact) mass is 432 g/mol. The Kier molecular flexibility index (Phi) is 4.77. The summed E-state index contributed by atoms with van der Waals surface area (Å²) in [6, 6.07) is 13.4.